The van der Waals surface area contributed by atoms with Gasteiger partial charge in [0.05, 0.1) is 5.41 Å². The summed E-state index contributed by atoms with van der Waals surface area (Å²) < 4.78 is 0. The second-order valence-electron chi connectivity index (χ2n) is 11.8. The topological polar surface area (TPSA) is 37.3 Å². The smallest absolute Gasteiger partial charge is 0.309 e. The van der Waals surface area contributed by atoms with Crippen LogP contribution in [0.5, 0.6) is 0 Å². The fraction of sp³-hybridized carbons (Fsp3) is 0.815. The number of carbonyl (C=O) groups is 1. The maximum Gasteiger partial charge on any atom is 0.309 e. The van der Waals surface area contributed by atoms with Crippen molar-refractivity contribution in [2.45, 2.75) is 91.4 Å². The highest BCUT2D eigenvalue weighted by Crippen LogP contribution is 2.71. The molecule has 8 atom stereocenters. The molecule has 2 heteroatoms. The molecule has 5 aliphatic carbocycles. The highest BCUT2D eigenvalue weighted by Gasteiger charge is 2.64. The van der Waals surface area contributed by atoms with E-state index in [0.717, 1.165) is 37.0 Å². The van der Waals surface area contributed by atoms with Crippen LogP contribution in [0.15, 0.2) is 23.8 Å². The van der Waals surface area contributed by atoms with Crippen LogP contribution in [0.1, 0.15) is 91.4 Å². The van der Waals surface area contributed by atoms with Gasteiger partial charge in [-0.25, -0.2) is 0 Å². The van der Waals surface area contributed by atoms with Crippen molar-refractivity contribution >= 4 is 5.97 Å². The molecule has 0 bridgehead atoms. The Balaban J connectivity index is 1.45. The molecule has 5 aliphatic rings. The van der Waals surface area contributed by atoms with Crippen molar-refractivity contribution in [1.82, 2.24) is 0 Å². The lowest BCUT2D eigenvalue weighted by molar-refractivity contribution is -0.181. The van der Waals surface area contributed by atoms with Gasteiger partial charge in [-0.1, -0.05) is 44.1 Å². The van der Waals surface area contributed by atoms with E-state index >= 15 is 0 Å². The van der Waals surface area contributed by atoms with Gasteiger partial charge < -0.3 is 5.11 Å². The van der Waals surface area contributed by atoms with E-state index in [1.807, 2.05) is 0 Å². The molecular formula is C27H40O2. The van der Waals surface area contributed by atoms with Crippen molar-refractivity contribution in [3.8, 4) is 0 Å². The van der Waals surface area contributed by atoms with Crippen LogP contribution < -0.4 is 0 Å². The van der Waals surface area contributed by atoms with Crippen molar-refractivity contribution in [2.24, 2.45) is 45.8 Å². The zero-order chi connectivity index (χ0) is 20.4. The summed E-state index contributed by atoms with van der Waals surface area (Å²) in [5.41, 5.74) is 2.05. The lowest BCUT2D eigenvalue weighted by atomic mass is 9.39. The maximum atomic E-state index is 12.3. The molecule has 160 valence electrons. The van der Waals surface area contributed by atoms with E-state index in [4.69, 9.17) is 0 Å². The fourth-order valence-electron chi connectivity index (χ4n) is 9.74. The van der Waals surface area contributed by atoms with E-state index in [0.29, 0.717) is 22.7 Å². The Kier molecular flexibility index (Phi) is 4.61. The third kappa shape index (κ3) is 2.62. The highest BCUT2D eigenvalue weighted by atomic mass is 16.4. The monoisotopic (exact) mass is 396 g/mol. The summed E-state index contributed by atoms with van der Waals surface area (Å²) in [5.74, 6) is 3.06. The summed E-state index contributed by atoms with van der Waals surface area (Å²) >= 11 is 0. The SMILES string of the molecule is C/C=C/C1=CC[C@@]2(C)C(CC[C@@]3(C)C4CC[C@@]5(C(=O)O)CCC[C@@H]5[C@H]4CCC23)C1. The molecule has 1 N–H and O–H groups in total. The normalized spacial score (nSPS) is 51.6. The van der Waals surface area contributed by atoms with E-state index < -0.39 is 5.97 Å². The summed E-state index contributed by atoms with van der Waals surface area (Å²) in [5, 5.41) is 10.1. The Bertz CT molecular complexity index is 750. The average molecular weight is 397 g/mol. The van der Waals surface area contributed by atoms with Gasteiger partial charge in [0.1, 0.15) is 0 Å². The van der Waals surface area contributed by atoms with Gasteiger partial charge >= 0.3 is 5.97 Å². The van der Waals surface area contributed by atoms with E-state index in [9.17, 15) is 9.90 Å². The van der Waals surface area contributed by atoms with Crippen molar-refractivity contribution in [2.75, 3.05) is 0 Å². The third-order valence-electron chi connectivity index (χ3n) is 11.1. The molecule has 0 heterocycles. The van der Waals surface area contributed by atoms with E-state index in [2.05, 4.69) is 39.0 Å². The molecule has 0 amide bonds. The number of allylic oxidation sites excluding steroid dienone is 4. The van der Waals surface area contributed by atoms with E-state index in [1.165, 1.54) is 51.4 Å². The molecule has 5 rings (SSSR count). The second-order valence-corrected chi connectivity index (χ2v) is 11.8. The Hall–Kier alpha value is -1.05. The van der Waals surface area contributed by atoms with Crippen LogP contribution in [-0.4, -0.2) is 11.1 Å². The lowest BCUT2D eigenvalue weighted by Crippen LogP contribution is -2.59. The summed E-state index contributed by atoms with van der Waals surface area (Å²) in [6.45, 7) is 7.38. The van der Waals surface area contributed by atoms with E-state index in [-0.39, 0.29) is 5.41 Å². The van der Waals surface area contributed by atoms with E-state index in [1.54, 1.807) is 5.57 Å². The Morgan fingerprint density at radius 2 is 1.86 bits per heavy atom. The molecule has 0 aromatic rings. The van der Waals surface area contributed by atoms with Crippen LogP contribution in [0.3, 0.4) is 0 Å². The Labute approximate surface area is 177 Å². The molecule has 0 aromatic carbocycles. The Morgan fingerprint density at radius 3 is 2.62 bits per heavy atom. The molecule has 0 aromatic heterocycles. The van der Waals surface area contributed by atoms with Crippen LogP contribution in [0.4, 0.5) is 0 Å². The Morgan fingerprint density at radius 1 is 1.03 bits per heavy atom. The molecule has 4 fully saturated rings. The van der Waals surface area contributed by atoms with Gasteiger partial charge in [0.2, 0.25) is 0 Å². The molecule has 4 saturated carbocycles. The molecule has 29 heavy (non-hydrogen) atoms. The quantitative estimate of drug-likeness (QED) is 0.545. The molecule has 3 unspecified atom stereocenters. The number of aliphatic carboxylic acids is 1. The maximum absolute atomic E-state index is 12.3. The number of rotatable bonds is 2. The second kappa shape index (κ2) is 6.72. The highest BCUT2D eigenvalue weighted by molar-refractivity contribution is 5.75. The summed E-state index contributed by atoms with van der Waals surface area (Å²) in [6.07, 6.45) is 20.3. The van der Waals surface area contributed by atoms with Crippen molar-refractivity contribution in [1.29, 1.82) is 0 Å². The number of carboxylic acid groups (broad SMARTS) is 1. The average Bonchev–Trinajstić information content (AvgIpc) is 3.14. The molecule has 0 radical (unpaired) electrons. The lowest BCUT2D eigenvalue weighted by Gasteiger charge is -2.66. The third-order valence-corrected chi connectivity index (χ3v) is 11.1. The minimum Gasteiger partial charge on any atom is -0.481 e. The van der Waals surface area contributed by atoms with Crippen LogP contribution in [-0.2, 0) is 4.79 Å². The minimum absolute atomic E-state index is 0.375. The van der Waals surface area contributed by atoms with Crippen LogP contribution in [0.2, 0.25) is 0 Å². The number of carboxylic acids is 1. The molecule has 2 nitrogen and oxygen atoms in total. The first-order chi connectivity index (χ1) is 13.8. The number of hydrogen-bond donors (Lipinski definition) is 1. The summed E-state index contributed by atoms with van der Waals surface area (Å²) in [6, 6.07) is 0. The molecule has 0 saturated heterocycles. The van der Waals surface area contributed by atoms with Gasteiger partial charge in [-0.05, 0) is 112 Å². The largest absolute Gasteiger partial charge is 0.481 e. The predicted molar refractivity (Wildman–Crippen MR) is 117 cm³/mol. The fourth-order valence-corrected chi connectivity index (χ4v) is 9.74. The van der Waals surface area contributed by atoms with Gasteiger partial charge in [0.25, 0.3) is 0 Å². The summed E-state index contributed by atoms with van der Waals surface area (Å²) in [7, 11) is 0. The van der Waals surface area contributed by atoms with Crippen molar-refractivity contribution in [3.05, 3.63) is 23.8 Å². The number of hydrogen-bond acceptors (Lipinski definition) is 1. The summed E-state index contributed by atoms with van der Waals surface area (Å²) in [4.78, 5) is 12.3. The van der Waals surface area contributed by atoms with Gasteiger partial charge in [0, 0.05) is 0 Å². The van der Waals surface area contributed by atoms with Gasteiger partial charge in [-0.3, -0.25) is 4.79 Å². The van der Waals surface area contributed by atoms with Gasteiger partial charge in [-0.15, -0.1) is 0 Å². The standard InChI is InChI=1S/C27H40O2/c1-4-6-18-10-14-25(2)19(17-18)11-15-26(3)21-12-16-27(24(28)29)13-5-7-22(27)20(21)8-9-23(25)26/h4,6,10,19-23H,5,7-9,11-17H2,1-3H3,(H,28,29)/b6-4+/t19?,20-,21?,22+,23?,25-,26-,27-/m0/s1. The van der Waals surface area contributed by atoms with Crippen LogP contribution in [0.25, 0.3) is 0 Å². The zero-order valence-corrected chi connectivity index (χ0v) is 18.8. The first-order valence-electron chi connectivity index (χ1n) is 12.4. The first-order valence-corrected chi connectivity index (χ1v) is 12.4. The number of fused-ring (bicyclic) bond motifs is 7. The molecular weight excluding hydrogens is 356 g/mol. The van der Waals surface area contributed by atoms with Crippen LogP contribution >= 0.6 is 0 Å². The van der Waals surface area contributed by atoms with Gasteiger partial charge in [0.15, 0.2) is 0 Å². The minimum atomic E-state index is -0.477. The zero-order valence-electron chi connectivity index (χ0n) is 18.8. The van der Waals surface area contributed by atoms with Gasteiger partial charge in [-0.2, -0.15) is 0 Å². The molecule has 0 spiro atoms. The predicted octanol–water partition coefficient (Wildman–Crippen LogP) is 7.01. The first kappa shape index (κ1) is 19.9. The van der Waals surface area contributed by atoms with Crippen molar-refractivity contribution in [3.63, 3.8) is 0 Å². The molecule has 0 aliphatic heterocycles. The van der Waals surface area contributed by atoms with Crippen molar-refractivity contribution < 1.29 is 9.90 Å². The van der Waals surface area contributed by atoms with Crippen LogP contribution in [0, 0.1) is 45.8 Å².